The van der Waals surface area contributed by atoms with Crippen molar-refractivity contribution < 1.29 is 14.3 Å². The first kappa shape index (κ1) is 20.3. The lowest BCUT2D eigenvalue weighted by atomic mass is 10.1. The number of carbonyl (C=O) groups excluding carboxylic acids is 2. The van der Waals surface area contributed by atoms with Crippen LogP contribution < -0.4 is 10.9 Å². The van der Waals surface area contributed by atoms with E-state index in [9.17, 15) is 14.4 Å². The maximum absolute atomic E-state index is 12.1. The van der Waals surface area contributed by atoms with E-state index in [1.165, 1.54) is 0 Å². The number of amides is 1. The average Bonchev–Trinajstić information content (AvgIpc) is 2.74. The number of aryl methyl sites for hydroxylation is 2. The van der Waals surface area contributed by atoms with Crippen LogP contribution in [0.2, 0.25) is 0 Å². The number of esters is 1. The quantitative estimate of drug-likeness (QED) is 0.622. The van der Waals surface area contributed by atoms with Crippen molar-refractivity contribution in [3.8, 4) is 0 Å². The third-order valence-corrected chi connectivity index (χ3v) is 4.71. The summed E-state index contributed by atoms with van der Waals surface area (Å²) in [4.78, 5) is 40.2. The van der Waals surface area contributed by atoms with Gasteiger partial charge in [0, 0.05) is 13.5 Å². The minimum Gasteiger partial charge on any atom is -0.456 e. The van der Waals surface area contributed by atoms with E-state index in [0.29, 0.717) is 11.2 Å². The van der Waals surface area contributed by atoms with Crippen molar-refractivity contribution in [2.75, 3.05) is 6.61 Å². The summed E-state index contributed by atoms with van der Waals surface area (Å²) in [6.45, 7) is 1.51. The van der Waals surface area contributed by atoms with Crippen LogP contribution in [0.5, 0.6) is 0 Å². The van der Waals surface area contributed by atoms with E-state index in [1.807, 2.05) is 49.4 Å². The summed E-state index contributed by atoms with van der Waals surface area (Å²) in [5.74, 6) is -0.395. The van der Waals surface area contributed by atoms with Gasteiger partial charge in [-0.15, -0.1) is 0 Å². The molecule has 0 aliphatic rings. The van der Waals surface area contributed by atoms with Crippen molar-refractivity contribution in [1.29, 1.82) is 0 Å². The van der Waals surface area contributed by atoms with E-state index in [0.717, 1.165) is 11.1 Å². The summed E-state index contributed by atoms with van der Waals surface area (Å²) in [6.07, 6.45) is 0.275. The highest BCUT2D eigenvalue weighted by Crippen LogP contribution is 2.12. The summed E-state index contributed by atoms with van der Waals surface area (Å²) in [6, 6.07) is 16.5. The van der Waals surface area contributed by atoms with E-state index >= 15 is 0 Å². The van der Waals surface area contributed by atoms with Crippen LogP contribution in [0.4, 0.5) is 0 Å². The van der Waals surface area contributed by atoms with Crippen LogP contribution >= 0.6 is 0 Å². The maximum atomic E-state index is 12.1. The molecule has 0 saturated heterocycles. The Morgan fingerprint density at radius 2 is 1.79 bits per heavy atom. The molecule has 0 fully saturated rings. The molecule has 0 bridgehead atoms. The third kappa shape index (κ3) is 5.07. The molecule has 1 amide bonds. The molecule has 150 valence electrons. The standard InChI is InChI=1S/C22H23N3O4/c1-15(16-8-4-3-5-9-16)23-20(26)14-29-21(27)13-12-19-24-22(28)17-10-6-7-11-18(17)25(19)2/h3-11,15H,12-14H2,1-2H3,(H,23,26)/t15-/m0/s1. The molecule has 1 atom stereocenters. The predicted octanol–water partition coefficient (Wildman–Crippen LogP) is 2.29. The van der Waals surface area contributed by atoms with Gasteiger partial charge in [0.25, 0.3) is 11.5 Å². The molecule has 0 aliphatic heterocycles. The third-order valence-electron chi connectivity index (χ3n) is 4.71. The van der Waals surface area contributed by atoms with Gasteiger partial charge < -0.3 is 14.6 Å². The Balaban J connectivity index is 1.51. The number of para-hydroxylation sites is 1. The monoisotopic (exact) mass is 393 g/mol. The first-order chi connectivity index (χ1) is 14.0. The largest absolute Gasteiger partial charge is 0.456 e. The number of carbonyl (C=O) groups is 2. The van der Waals surface area contributed by atoms with Crippen LogP contribution in [-0.2, 0) is 27.8 Å². The van der Waals surface area contributed by atoms with E-state index in [2.05, 4.69) is 10.3 Å². The predicted molar refractivity (Wildman–Crippen MR) is 109 cm³/mol. The number of rotatable bonds is 7. The van der Waals surface area contributed by atoms with E-state index in [-0.39, 0.29) is 37.0 Å². The van der Waals surface area contributed by atoms with Crippen LogP contribution in [0, 0.1) is 0 Å². The summed E-state index contributed by atoms with van der Waals surface area (Å²) >= 11 is 0. The summed E-state index contributed by atoms with van der Waals surface area (Å²) in [5, 5.41) is 3.32. The molecule has 3 rings (SSSR count). The molecule has 0 saturated carbocycles. The Morgan fingerprint density at radius 3 is 2.55 bits per heavy atom. The number of aromatic nitrogens is 2. The molecule has 0 radical (unpaired) electrons. The molecule has 7 nitrogen and oxygen atoms in total. The number of fused-ring (bicyclic) bond motifs is 1. The van der Waals surface area contributed by atoms with Crippen LogP contribution in [0.15, 0.2) is 59.4 Å². The molecule has 3 aromatic rings. The second kappa shape index (κ2) is 9.14. The molecule has 0 spiro atoms. The first-order valence-electron chi connectivity index (χ1n) is 9.40. The van der Waals surface area contributed by atoms with Crippen LogP contribution in [0.25, 0.3) is 10.9 Å². The van der Waals surface area contributed by atoms with Crippen molar-refractivity contribution in [3.05, 3.63) is 76.3 Å². The van der Waals surface area contributed by atoms with Crippen LogP contribution in [0.1, 0.15) is 30.8 Å². The first-order valence-corrected chi connectivity index (χ1v) is 9.40. The SMILES string of the molecule is C[C@H](NC(=O)COC(=O)CCc1nc(=O)c2ccccc2n1C)c1ccccc1. The zero-order valence-corrected chi connectivity index (χ0v) is 16.4. The Hall–Kier alpha value is -3.48. The molecule has 2 aromatic carbocycles. The van der Waals surface area contributed by atoms with E-state index in [1.54, 1.807) is 23.7 Å². The number of nitrogens with one attached hydrogen (secondary N) is 1. The second-order valence-corrected chi connectivity index (χ2v) is 6.77. The lowest BCUT2D eigenvalue weighted by Crippen LogP contribution is -2.31. The van der Waals surface area contributed by atoms with Gasteiger partial charge in [0.1, 0.15) is 5.82 Å². The number of ether oxygens (including phenoxy) is 1. The molecule has 7 heteroatoms. The van der Waals surface area contributed by atoms with Gasteiger partial charge in [0.05, 0.1) is 23.4 Å². The number of hydrogen-bond donors (Lipinski definition) is 1. The van der Waals surface area contributed by atoms with Gasteiger partial charge in [0.2, 0.25) is 0 Å². The molecule has 29 heavy (non-hydrogen) atoms. The van der Waals surface area contributed by atoms with Crippen molar-refractivity contribution >= 4 is 22.8 Å². The minimum atomic E-state index is -0.519. The molecular formula is C22H23N3O4. The van der Waals surface area contributed by atoms with E-state index < -0.39 is 5.97 Å². The topological polar surface area (TPSA) is 90.3 Å². The smallest absolute Gasteiger partial charge is 0.306 e. The zero-order chi connectivity index (χ0) is 20.8. The van der Waals surface area contributed by atoms with Gasteiger partial charge in [-0.2, -0.15) is 4.98 Å². The molecule has 1 N–H and O–H groups in total. The lowest BCUT2D eigenvalue weighted by Gasteiger charge is -2.14. The summed E-state index contributed by atoms with van der Waals surface area (Å²) in [7, 11) is 1.80. The number of hydrogen-bond acceptors (Lipinski definition) is 5. The minimum absolute atomic E-state index is 0.0279. The van der Waals surface area contributed by atoms with Gasteiger partial charge in [-0.3, -0.25) is 14.4 Å². The fraction of sp³-hybridized carbons (Fsp3) is 0.273. The lowest BCUT2D eigenvalue weighted by molar-refractivity contribution is -0.148. The van der Waals surface area contributed by atoms with E-state index in [4.69, 9.17) is 4.74 Å². The molecule has 1 heterocycles. The second-order valence-electron chi connectivity index (χ2n) is 6.77. The van der Waals surface area contributed by atoms with Crippen LogP contribution in [-0.4, -0.2) is 28.0 Å². The summed E-state index contributed by atoms with van der Waals surface area (Å²) in [5.41, 5.74) is 1.40. The molecule has 0 unspecified atom stereocenters. The summed E-state index contributed by atoms with van der Waals surface area (Å²) < 4.78 is 6.84. The average molecular weight is 393 g/mol. The van der Waals surface area contributed by atoms with Gasteiger partial charge in [-0.05, 0) is 24.6 Å². The van der Waals surface area contributed by atoms with Crippen molar-refractivity contribution in [1.82, 2.24) is 14.9 Å². The Kier molecular flexibility index (Phi) is 6.39. The van der Waals surface area contributed by atoms with Gasteiger partial charge in [-0.1, -0.05) is 42.5 Å². The Morgan fingerprint density at radius 1 is 1.10 bits per heavy atom. The fourth-order valence-electron chi connectivity index (χ4n) is 3.10. The molecule has 1 aromatic heterocycles. The fourth-order valence-corrected chi connectivity index (χ4v) is 3.10. The highest BCUT2D eigenvalue weighted by molar-refractivity contribution is 5.81. The van der Waals surface area contributed by atoms with Gasteiger partial charge >= 0.3 is 5.97 Å². The highest BCUT2D eigenvalue weighted by atomic mass is 16.5. The van der Waals surface area contributed by atoms with Crippen molar-refractivity contribution in [3.63, 3.8) is 0 Å². The Labute approximate surface area is 168 Å². The van der Waals surface area contributed by atoms with Gasteiger partial charge in [-0.25, -0.2) is 0 Å². The van der Waals surface area contributed by atoms with Gasteiger partial charge in [0.15, 0.2) is 6.61 Å². The maximum Gasteiger partial charge on any atom is 0.306 e. The Bertz CT molecular complexity index is 1080. The normalized spacial score (nSPS) is 11.8. The van der Waals surface area contributed by atoms with Crippen LogP contribution in [0.3, 0.4) is 0 Å². The number of benzene rings is 2. The molecular weight excluding hydrogens is 370 g/mol. The number of nitrogens with zero attached hydrogens (tertiary/aromatic N) is 2. The van der Waals surface area contributed by atoms with Crippen molar-refractivity contribution in [2.24, 2.45) is 7.05 Å². The highest BCUT2D eigenvalue weighted by Gasteiger charge is 2.13. The molecule has 0 aliphatic carbocycles. The van der Waals surface area contributed by atoms with Crippen molar-refractivity contribution in [2.45, 2.75) is 25.8 Å². The zero-order valence-electron chi connectivity index (χ0n) is 16.4.